The Morgan fingerprint density at radius 3 is 2.38 bits per heavy atom. The lowest BCUT2D eigenvalue weighted by atomic mass is 10.1. The zero-order valence-electron chi connectivity index (χ0n) is 14.7. The van der Waals surface area contributed by atoms with Crippen LogP contribution in [0.3, 0.4) is 0 Å². The maximum absolute atomic E-state index is 12.1. The first-order valence-electron chi connectivity index (χ1n) is 7.84. The molecule has 8 heteroatoms. The highest BCUT2D eigenvalue weighted by Crippen LogP contribution is 2.31. The molecule has 2 rings (SSSR count). The average molecular weight is 379 g/mol. The molecule has 140 valence electrons. The number of nitrogens with one attached hydrogen (secondary N) is 1. The molecule has 1 atom stereocenters. The Labute approximate surface area is 152 Å². The van der Waals surface area contributed by atoms with E-state index in [1.807, 2.05) is 6.92 Å². The van der Waals surface area contributed by atoms with E-state index in [4.69, 9.17) is 8.92 Å². The number of carbonyl (C=O) groups excluding carboxylic acids is 1. The fraction of sp³-hybridized carbons (Fsp3) is 0.278. The highest BCUT2D eigenvalue weighted by molar-refractivity contribution is 7.86. The lowest BCUT2D eigenvalue weighted by Gasteiger charge is -2.17. The minimum absolute atomic E-state index is 0.0260. The van der Waals surface area contributed by atoms with Crippen molar-refractivity contribution in [3.8, 4) is 11.5 Å². The van der Waals surface area contributed by atoms with Gasteiger partial charge in [-0.3, -0.25) is 4.18 Å². The lowest BCUT2D eigenvalue weighted by molar-refractivity contribution is 0.0729. The van der Waals surface area contributed by atoms with Crippen LogP contribution in [-0.4, -0.2) is 39.3 Å². The van der Waals surface area contributed by atoms with Crippen molar-refractivity contribution in [1.29, 1.82) is 0 Å². The topological polar surface area (TPSA) is 102 Å². The highest BCUT2D eigenvalue weighted by atomic mass is 32.2. The van der Waals surface area contributed by atoms with E-state index in [9.17, 15) is 18.3 Å². The molecule has 0 aliphatic rings. The van der Waals surface area contributed by atoms with E-state index in [0.717, 1.165) is 11.8 Å². The monoisotopic (exact) mass is 379 g/mol. The number of benzene rings is 2. The van der Waals surface area contributed by atoms with Crippen LogP contribution in [0.1, 0.15) is 27.6 Å². The van der Waals surface area contributed by atoms with Crippen molar-refractivity contribution in [2.75, 3.05) is 19.8 Å². The van der Waals surface area contributed by atoms with Crippen molar-refractivity contribution < 1.29 is 27.2 Å². The van der Waals surface area contributed by atoms with Gasteiger partial charge in [0, 0.05) is 6.54 Å². The quantitative estimate of drug-likeness (QED) is 0.432. The molecule has 2 aromatic carbocycles. The number of esters is 1. The number of phenolic OH excluding ortho intramolecular Hbond substituents is 1. The number of ether oxygens (including phenoxy) is 1. The number of hydrogen-bond donors (Lipinski definition) is 2. The van der Waals surface area contributed by atoms with Gasteiger partial charge in [0.15, 0.2) is 11.5 Å². The van der Waals surface area contributed by atoms with E-state index < -0.39 is 22.2 Å². The molecule has 2 N–H and O–H groups in total. The van der Waals surface area contributed by atoms with Gasteiger partial charge in [-0.2, -0.15) is 8.42 Å². The van der Waals surface area contributed by atoms with Crippen LogP contribution in [0.15, 0.2) is 42.5 Å². The summed E-state index contributed by atoms with van der Waals surface area (Å²) in [6.45, 7) is 2.12. The molecule has 0 bridgehead atoms. The van der Waals surface area contributed by atoms with Crippen molar-refractivity contribution in [1.82, 2.24) is 5.32 Å². The van der Waals surface area contributed by atoms with E-state index >= 15 is 0 Å². The molecule has 0 amide bonds. The third kappa shape index (κ3) is 5.55. The predicted molar refractivity (Wildman–Crippen MR) is 96.8 cm³/mol. The van der Waals surface area contributed by atoms with Gasteiger partial charge >= 0.3 is 5.97 Å². The van der Waals surface area contributed by atoms with E-state index in [0.29, 0.717) is 11.1 Å². The van der Waals surface area contributed by atoms with E-state index in [1.54, 1.807) is 31.3 Å². The Balaban J connectivity index is 2.19. The van der Waals surface area contributed by atoms with Crippen molar-refractivity contribution in [2.45, 2.75) is 13.0 Å². The molecule has 1 unspecified atom stereocenters. The molecule has 0 radical (unpaired) electrons. The summed E-state index contributed by atoms with van der Waals surface area (Å²) in [5, 5.41) is 13.0. The molecule has 0 spiro atoms. The SMILES string of the molecule is CNCC(OS(C)(=O)=O)c1ccc(OC(=O)c2ccc(C)cc2)c(O)c1. The Morgan fingerprint density at radius 2 is 1.85 bits per heavy atom. The highest BCUT2D eigenvalue weighted by Gasteiger charge is 2.20. The summed E-state index contributed by atoms with van der Waals surface area (Å²) in [5.74, 6) is -0.921. The first kappa shape index (κ1) is 19.9. The van der Waals surface area contributed by atoms with E-state index in [1.165, 1.54) is 18.2 Å². The van der Waals surface area contributed by atoms with Crippen LogP contribution in [0.5, 0.6) is 11.5 Å². The first-order valence-corrected chi connectivity index (χ1v) is 9.66. The number of phenols is 1. The van der Waals surface area contributed by atoms with E-state index in [-0.39, 0.29) is 18.0 Å². The molecule has 0 aliphatic carbocycles. The number of aryl methyl sites for hydroxylation is 1. The summed E-state index contributed by atoms with van der Waals surface area (Å²) in [6.07, 6.45) is 0.135. The van der Waals surface area contributed by atoms with Crippen LogP contribution in [0.2, 0.25) is 0 Å². The van der Waals surface area contributed by atoms with Crippen molar-refractivity contribution in [3.05, 3.63) is 59.2 Å². The third-order valence-electron chi connectivity index (χ3n) is 3.53. The molecule has 0 aliphatic heterocycles. The molecule has 0 fully saturated rings. The predicted octanol–water partition coefficient (Wildman–Crippen LogP) is 2.16. The van der Waals surface area contributed by atoms with Gasteiger partial charge < -0.3 is 15.2 Å². The minimum Gasteiger partial charge on any atom is -0.504 e. The lowest BCUT2D eigenvalue weighted by Crippen LogP contribution is -2.22. The van der Waals surface area contributed by atoms with Gasteiger partial charge in [-0.15, -0.1) is 0 Å². The number of aromatic hydroxyl groups is 1. The number of hydrogen-bond acceptors (Lipinski definition) is 7. The van der Waals surface area contributed by atoms with Gasteiger partial charge in [0.1, 0.15) is 6.10 Å². The van der Waals surface area contributed by atoms with Crippen LogP contribution in [0.25, 0.3) is 0 Å². The first-order chi connectivity index (χ1) is 12.2. The third-order valence-corrected chi connectivity index (χ3v) is 4.11. The Kier molecular flexibility index (Phi) is 6.36. The summed E-state index contributed by atoms with van der Waals surface area (Å²) >= 11 is 0. The summed E-state index contributed by atoms with van der Waals surface area (Å²) in [4.78, 5) is 12.1. The van der Waals surface area contributed by atoms with Crippen LogP contribution >= 0.6 is 0 Å². The molecule has 0 aromatic heterocycles. The van der Waals surface area contributed by atoms with Gasteiger partial charge in [-0.1, -0.05) is 23.8 Å². The molecular weight excluding hydrogens is 358 g/mol. The number of rotatable bonds is 7. The Morgan fingerprint density at radius 1 is 1.19 bits per heavy atom. The number of carbonyl (C=O) groups is 1. The van der Waals surface area contributed by atoms with Crippen LogP contribution < -0.4 is 10.1 Å². The van der Waals surface area contributed by atoms with Gasteiger partial charge in [0.25, 0.3) is 10.1 Å². The summed E-state index contributed by atoms with van der Waals surface area (Å²) < 4.78 is 33.0. The normalized spacial score (nSPS) is 12.6. The molecule has 0 saturated heterocycles. The zero-order valence-corrected chi connectivity index (χ0v) is 15.5. The molecular formula is C18H21NO6S. The van der Waals surface area contributed by atoms with Crippen LogP contribution in [0, 0.1) is 6.92 Å². The van der Waals surface area contributed by atoms with E-state index in [2.05, 4.69) is 5.32 Å². The Hall–Kier alpha value is -2.42. The average Bonchev–Trinajstić information content (AvgIpc) is 2.55. The van der Waals surface area contributed by atoms with Gasteiger partial charge in [0.2, 0.25) is 0 Å². The summed E-state index contributed by atoms with van der Waals surface area (Å²) in [7, 11) is -2.03. The second-order valence-electron chi connectivity index (χ2n) is 5.83. The maximum Gasteiger partial charge on any atom is 0.343 e. The van der Waals surface area contributed by atoms with Gasteiger partial charge in [-0.25, -0.2) is 4.79 Å². The van der Waals surface area contributed by atoms with Crippen LogP contribution in [0.4, 0.5) is 0 Å². The van der Waals surface area contributed by atoms with Gasteiger partial charge in [0.05, 0.1) is 11.8 Å². The second kappa shape index (κ2) is 8.31. The largest absolute Gasteiger partial charge is 0.504 e. The second-order valence-corrected chi connectivity index (χ2v) is 7.43. The van der Waals surface area contributed by atoms with Crippen molar-refractivity contribution in [2.24, 2.45) is 0 Å². The standard InChI is InChI=1S/C18H21NO6S/c1-12-4-6-13(7-5-12)18(21)24-16-9-8-14(10-15(16)20)17(11-19-2)25-26(3,22)23/h4-10,17,19-20H,11H2,1-3H3. The smallest absolute Gasteiger partial charge is 0.343 e. The molecule has 26 heavy (non-hydrogen) atoms. The summed E-state index contributed by atoms with van der Waals surface area (Å²) in [5.41, 5.74) is 1.79. The van der Waals surface area contributed by atoms with Crippen LogP contribution in [-0.2, 0) is 14.3 Å². The maximum atomic E-state index is 12.1. The van der Waals surface area contributed by atoms with Crippen molar-refractivity contribution >= 4 is 16.1 Å². The molecule has 2 aromatic rings. The summed E-state index contributed by atoms with van der Waals surface area (Å²) in [6, 6.07) is 11.1. The Bertz CT molecular complexity index is 877. The molecule has 0 heterocycles. The fourth-order valence-corrected chi connectivity index (χ4v) is 2.87. The van der Waals surface area contributed by atoms with Crippen molar-refractivity contribution in [3.63, 3.8) is 0 Å². The molecule has 0 saturated carbocycles. The fourth-order valence-electron chi connectivity index (χ4n) is 2.27. The number of likely N-dealkylation sites (N-methyl/N-ethyl adjacent to an activating group) is 1. The zero-order chi connectivity index (χ0) is 19.3. The molecule has 7 nitrogen and oxygen atoms in total. The van der Waals surface area contributed by atoms with Gasteiger partial charge in [-0.05, 0) is 43.8 Å². The minimum atomic E-state index is -3.68.